The first kappa shape index (κ1) is 12.4. The van der Waals surface area contributed by atoms with Crippen LogP contribution in [0.1, 0.15) is 5.56 Å². The maximum absolute atomic E-state index is 6.22. The van der Waals surface area contributed by atoms with Gasteiger partial charge < -0.3 is 10.3 Å². The van der Waals surface area contributed by atoms with Gasteiger partial charge in [0.05, 0.1) is 5.02 Å². The van der Waals surface area contributed by atoms with Crippen molar-refractivity contribution in [2.45, 2.75) is 16.5 Å². The van der Waals surface area contributed by atoms with Crippen molar-refractivity contribution in [2.75, 3.05) is 6.54 Å². The molecule has 0 saturated heterocycles. The molecule has 90 valence electrons. The zero-order chi connectivity index (χ0) is 12.3. The minimum atomic E-state index is 0.604. The smallest absolute Gasteiger partial charge is 0.195 e. The molecule has 1 aromatic carbocycles. The first-order chi connectivity index (χ1) is 8.22. The quantitative estimate of drug-likeness (QED) is 0.923. The average Bonchev–Trinajstić information content (AvgIpc) is 2.70. The molecule has 2 rings (SSSR count). The lowest BCUT2D eigenvalue weighted by Gasteiger charge is -2.09. The van der Waals surface area contributed by atoms with Gasteiger partial charge in [0.1, 0.15) is 6.33 Å². The van der Waals surface area contributed by atoms with Crippen LogP contribution in [0, 0.1) is 0 Å². The fourth-order valence-corrected chi connectivity index (χ4v) is 2.71. The summed E-state index contributed by atoms with van der Waals surface area (Å²) in [7, 11) is 1.90. The summed E-state index contributed by atoms with van der Waals surface area (Å²) in [4.78, 5) is 1.01. The predicted molar refractivity (Wildman–Crippen MR) is 69.3 cm³/mol. The summed E-state index contributed by atoms with van der Waals surface area (Å²) < 4.78 is 1.86. The minimum absolute atomic E-state index is 0.604. The number of halogens is 1. The number of aryl methyl sites for hydroxylation is 1. The molecule has 0 bridgehead atoms. The fraction of sp³-hybridized carbons (Fsp3) is 0.273. The van der Waals surface area contributed by atoms with Gasteiger partial charge in [0.2, 0.25) is 0 Å². The molecule has 0 unspecified atom stereocenters. The van der Waals surface area contributed by atoms with Gasteiger partial charge >= 0.3 is 0 Å². The predicted octanol–water partition coefficient (Wildman–Crippen LogP) is 2.12. The van der Waals surface area contributed by atoms with Gasteiger partial charge in [-0.25, -0.2) is 0 Å². The zero-order valence-electron chi connectivity index (χ0n) is 9.43. The van der Waals surface area contributed by atoms with Crippen LogP contribution in [0.25, 0.3) is 0 Å². The van der Waals surface area contributed by atoms with Crippen molar-refractivity contribution in [1.29, 1.82) is 0 Å². The van der Waals surface area contributed by atoms with Crippen LogP contribution in [-0.2, 0) is 13.5 Å². The Bertz CT molecular complexity index is 512. The summed E-state index contributed by atoms with van der Waals surface area (Å²) in [6.07, 6.45) is 2.47. The summed E-state index contributed by atoms with van der Waals surface area (Å²) in [6.45, 7) is 0.604. The highest BCUT2D eigenvalue weighted by molar-refractivity contribution is 7.99. The SMILES string of the molecule is Cn1cnnc1Sc1c(Cl)cccc1CCN. The van der Waals surface area contributed by atoms with Crippen molar-refractivity contribution in [3.63, 3.8) is 0 Å². The van der Waals surface area contributed by atoms with Gasteiger partial charge in [0.25, 0.3) is 0 Å². The Hall–Kier alpha value is -1.04. The summed E-state index contributed by atoms with van der Waals surface area (Å²) in [5.41, 5.74) is 6.74. The first-order valence-electron chi connectivity index (χ1n) is 5.21. The molecule has 0 saturated carbocycles. The number of rotatable bonds is 4. The molecule has 4 nitrogen and oxygen atoms in total. The molecular weight excluding hydrogens is 256 g/mol. The monoisotopic (exact) mass is 268 g/mol. The zero-order valence-corrected chi connectivity index (χ0v) is 11.0. The molecule has 0 aliphatic rings. The lowest BCUT2D eigenvalue weighted by molar-refractivity contribution is 0.788. The van der Waals surface area contributed by atoms with Gasteiger partial charge in [0.15, 0.2) is 5.16 Å². The van der Waals surface area contributed by atoms with Crippen LogP contribution in [0.4, 0.5) is 0 Å². The van der Waals surface area contributed by atoms with E-state index in [9.17, 15) is 0 Å². The van der Waals surface area contributed by atoms with Crippen molar-refractivity contribution in [2.24, 2.45) is 12.8 Å². The summed E-state index contributed by atoms with van der Waals surface area (Å²) >= 11 is 7.73. The third-order valence-corrected chi connectivity index (χ3v) is 3.99. The Morgan fingerprint density at radius 2 is 2.29 bits per heavy atom. The molecule has 0 aliphatic carbocycles. The van der Waals surface area contributed by atoms with Crippen molar-refractivity contribution < 1.29 is 0 Å². The van der Waals surface area contributed by atoms with E-state index in [1.807, 2.05) is 29.8 Å². The molecular formula is C11H13ClN4S. The number of benzene rings is 1. The molecule has 1 heterocycles. The summed E-state index contributed by atoms with van der Waals surface area (Å²) in [6, 6.07) is 5.85. The van der Waals surface area contributed by atoms with Crippen LogP contribution in [0.5, 0.6) is 0 Å². The van der Waals surface area contributed by atoms with Crippen molar-refractivity contribution >= 4 is 23.4 Å². The highest BCUT2D eigenvalue weighted by Crippen LogP contribution is 2.34. The molecule has 0 spiro atoms. The Labute approximate surface area is 109 Å². The normalized spacial score (nSPS) is 10.8. The summed E-state index contributed by atoms with van der Waals surface area (Å²) in [5, 5.41) is 9.43. The Balaban J connectivity index is 2.34. The molecule has 0 atom stereocenters. The van der Waals surface area contributed by atoms with E-state index in [-0.39, 0.29) is 0 Å². The third-order valence-electron chi connectivity index (χ3n) is 2.33. The van der Waals surface area contributed by atoms with E-state index >= 15 is 0 Å². The first-order valence-corrected chi connectivity index (χ1v) is 6.41. The van der Waals surface area contributed by atoms with E-state index < -0.39 is 0 Å². The molecule has 2 N–H and O–H groups in total. The van der Waals surface area contributed by atoms with Gasteiger partial charge in [0, 0.05) is 11.9 Å². The lowest BCUT2D eigenvalue weighted by atomic mass is 10.1. The molecule has 6 heteroatoms. The van der Waals surface area contributed by atoms with E-state index in [0.29, 0.717) is 6.54 Å². The molecule has 1 aromatic heterocycles. The molecule has 2 aromatic rings. The van der Waals surface area contributed by atoms with Gasteiger partial charge in [-0.15, -0.1) is 10.2 Å². The van der Waals surface area contributed by atoms with E-state index in [1.54, 1.807) is 6.33 Å². The summed E-state index contributed by atoms with van der Waals surface area (Å²) in [5.74, 6) is 0. The molecule has 0 aliphatic heterocycles. The minimum Gasteiger partial charge on any atom is -0.330 e. The van der Waals surface area contributed by atoms with Crippen LogP contribution in [0.3, 0.4) is 0 Å². The number of nitrogens with two attached hydrogens (primary N) is 1. The van der Waals surface area contributed by atoms with Crippen molar-refractivity contribution in [1.82, 2.24) is 14.8 Å². The van der Waals surface area contributed by atoms with Crippen LogP contribution >= 0.6 is 23.4 Å². The lowest BCUT2D eigenvalue weighted by Crippen LogP contribution is -2.04. The molecule has 0 radical (unpaired) electrons. The van der Waals surface area contributed by atoms with E-state index in [1.165, 1.54) is 11.8 Å². The average molecular weight is 269 g/mol. The van der Waals surface area contributed by atoms with Crippen LogP contribution < -0.4 is 5.73 Å². The maximum Gasteiger partial charge on any atom is 0.195 e. The van der Waals surface area contributed by atoms with E-state index in [2.05, 4.69) is 10.2 Å². The number of aromatic nitrogens is 3. The highest BCUT2D eigenvalue weighted by atomic mass is 35.5. The van der Waals surface area contributed by atoms with Crippen molar-refractivity contribution in [3.05, 3.63) is 35.1 Å². The maximum atomic E-state index is 6.22. The Morgan fingerprint density at radius 1 is 1.47 bits per heavy atom. The van der Waals surface area contributed by atoms with Gasteiger partial charge in [-0.2, -0.15) is 0 Å². The van der Waals surface area contributed by atoms with Gasteiger partial charge in [-0.05, 0) is 36.4 Å². The molecule has 17 heavy (non-hydrogen) atoms. The Kier molecular flexibility index (Phi) is 4.04. The topological polar surface area (TPSA) is 56.7 Å². The molecule has 0 fully saturated rings. The number of nitrogens with zero attached hydrogens (tertiary/aromatic N) is 3. The van der Waals surface area contributed by atoms with Crippen LogP contribution in [0.2, 0.25) is 5.02 Å². The van der Waals surface area contributed by atoms with Crippen LogP contribution in [-0.4, -0.2) is 21.3 Å². The highest BCUT2D eigenvalue weighted by Gasteiger charge is 2.11. The third kappa shape index (κ3) is 2.80. The second kappa shape index (κ2) is 5.53. The fourth-order valence-electron chi connectivity index (χ4n) is 1.48. The Morgan fingerprint density at radius 3 is 2.94 bits per heavy atom. The van der Waals surface area contributed by atoms with E-state index in [4.69, 9.17) is 17.3 Å². The largest absolute Gasteiger partial charge is 0.330 e. The van der Waals surface area contributed by atoms with Crippen LogP contribution in [0.15, 0.2) is 34.6 Å². The number of hydrogen-bond acceptors (Lipinski definition) is 4. The van der Waals surface area contributed by atoms with Gasteiger partial charge in [-0.1, -0.05) is 23.7 Å². The number of hydrogen-bond donors (Lipinski definition) is 1. The van der Waals surface area contributed by atoms with E-state index in [0.717, 1.165) is 27.1 Å². The second-order valence-corrected chi connectivity index (χ2v) is 4.98. The van der Waals surface area contributed by atoms with Crippen molar-refractivity contribution in [3.8, 4) is 0 Å². The standard InChI is InChI=1S/C11H13ClN4S/c1-16-7-14-15-11(16)17-10-8(5-6-13)3-2-4-9(10)12/h2-4,7H,5-6,13H2,1H3. The molecule has 0 amide bonds. The van der Waals surface area contributed by atoms with Gasteiger partial charge in [-0.3, -0.25) is 0 Å². The second-order valence-electron chi connectivity index (χ2n) is 3.59.